The van der Waals surface area contributed by atoms with E-state index in [0.717, 1.165) is 4.90 Å². The lowest BCUT2D eigenvalue weighted by molar-refractivity contribution is -0.227. The van der Waals surface area contributed by atoms with E-state index in [0.29, 0.717) is 11.5 Å². The van der Waals surface area contributed by atoms with Gasteiger partial charge in [-0.3, -0.25) is 9.59 Å². The Kier molecular flexibility index (Phi) is 4.91. The zero-order chi connectivity index (χ0) is 18.0. The van der Waals surface area contributed by atoms with Gasteiger partial charge in [0.15, 0.2) is 12.0 Å². The second kappa shape index (κ2) is 6.58. The summed E-state index contributed by atoms with van der Waals surface area (Å²) in [6.07, 6.45) is -5.60. The number of carbonyl (C=O) groups excluding carboxylic acids is 1. The van der Waals surface area contributed by atoms with E-state index in [1.807, 2.05) is 0 Å². The predicted molar refractivity (Wildman–Crippen MR) is 75.8 cm³/mol. The normalized spacial score (nSPS) is 20.8. The maximum atomic E-state index is 13.1. The van der Waals surface area contributed by atoms with Gasteiger partial charge in [-0.15, -0.1) is 0 Å². The number of rotatable bonds is 5. The average Bonchev–Trinajstić information content (AvgIpc) is 2.99. The largest absolute Gasteiger partial charge is 0.497 e. The summed E-state index contributed by atoms with van der Waals surface area (Å²) in [5, 5.41) is 8.96. The van der Waals surface area contributed by atoms with Crippen molar-refractivity contribution >= 4 is 11.9 Å². The van der Waals surface area contributed by atoms with Crippen LogP contribution in [0.1, 0.15) is 6.42 Å². The van der Waals surface area contributed by atoms with E-state index in [1.54, 1.807) is 18.2 Å². The first kappa shape index (κ1) is 17.9. The molecule has 132 valence electrons. The fourth-order valence-corrected chi connectivity index (χ4v) is 2.48. The summed E-state index contributed by atoms with van der Waals surface area (Å²) in [4.78, 5) is 24.0. The number of carboxylic acids is 1. The molecule has 9 heteroatoms. The van der Waals surface area contributed by atoms with Crippen LogP contribution >= 0.6 is 0 Å². The number of hydrogen-bond donors (Lipinski definition) is 1. The molecule has 0 radical (unpaired) electrons. The number of aliphatic carboxylic acids is 1. The molecule has 1 aliphatic rings. The Balaban J connectivity index is 2.00. The Morgan fingerprint density at radius 3 is 2.54 bits per heavy atom. The molecule has 0 aromatic heterocycles. The van der Waals surface area contributed by atoms with Crippen LogP contribution in [0.3, 0.4) is 0 Å². The summed E-state index contributed by atoms with van der Waals surface area (Å²) in [7, 11) is 1.46. The number of alkyl halides is 3. The fraction of sp³-hybridized carbons (Fsp3) is 0.467. The molecule has 1 fully saturated rings. The van der Waals surface area contributed by atoms with Crippen molar-refractivity contribution in [2.24, 2.45) is 5.41 Å². The number of likely N-dealkylation sites (tertiary alicyclic amines) is 1. The number of hydrogen-bond acceptors (Lipinski definition) is 4. The van der Waals surface area contributed by atoms with E-state index in [9.17, 15) is 22.8 Å². The van der Waals surface area contributed by atoms with Crippen molar-refractivity contribution in [2.75, 3.05) is 26.8 Å². The third-order valence-corrected chi connectivity index (χ3v) is 3.98. The van der Waals surface area contributed by atoms with Gasteiger partial charge in [0.25, 0.3) is 5.91 Å². The molecular weight excluding hydrogens is 331 g/mol. The minimum atomic E-state index is -4.93. The Hall–Kier alpha value is -2.45. The molecule has 0 saturated carbocycles. The minimum Gasteiger partial charge on any atom is -0.497 e. The van der Waals surface area contributed by atoms with Crippen LogP contribution in [0.25, 0.3) is 0 Å². The zero-order valence-electron chi connectivity index (χ0n) is 12.8. The van der Waals surface area contributed by atoms with E-state index in [1.165, 1.54) is 13.2 Å². The zero-order valence-corrected chi connectivity index (χ0v) is 12.8. The molecule has 1 aromatic rings. The number of methoxy groups -OCH3 is 1. The molecule has 1 amide bonds. The lowest BCUT2D eigenvalue weighted by Crippen LogP contribution is -2.48. The molecule has 1 atom stereocenters. The molecule has 2 rings (SSSR count). The first-order chi connectivity index (χ1) is 11.2. The summed E-state index contributed by atoms with van der Waals surface area (Å²) in [6.45, 7) is -1.68. The molecule has 0 spiro atoms. The van der Waals surface area contributed by atoms with Crippen molar-refractivity contribution in [1.82, 2.24) is 4.90 Å². The van der Waals surface area contributed by atoms with Gasteiger partial charge in [-0.1, -0.05) is 6.07 Å². The van der Waals surface area contributed by atoms with Crippen molar-refractivity contribution < 1.29 is 37.3 Å². The standard InChI is InChI=1S/C15H16F3NO5/c1-23-10-3-2-4-11(7-10)24-8-12(20)19-6-5-14(9-19,13(21)22)15(16,17)18/h2-4,7H,5-6,8-9H2,1H3,(H,21,22). The summed E-state index contributed by atoms with van der Waals surface area (Å²) >= 11 is 0. The highest BCUT2D eigenvalue weighted by atomic mass is 19.4. The smallest absolute Gasteiger partial charge is 0.406 e. The molecule has 1 aromatic carbocycles. The monoisotopic (exact) mass is 347 g/mol. The maximum Gasteiger partial charge on any atom is 0.406 e. The van der Waals surface area contributed by atoms with E-state index in [2.05, 4.69) is 0 Å². The van der Waals surface area contributed by atoms with E-state index < -0.39 is 43.0 Å². The molecule has 0 bridgehead atoms. The minimum absolute atomic E-state index is 0.286. The van der Waals surface area contributed by atoms with Crippen LogP contribution in [-0.2, 0) is 9.59 Å². The summed E-state index contributed by atoms with van der Waals surface area (Å²) in [5.74, 6) is -1.85. The quantitative estimate of drug-likeness (QED) is 0.881. The number of benzene rings is 1. The highest BCUT2D eigenvalue weighted by Crippen LogP contribution is 2.45. The Morgan fingerprint density at radius 2 is 2.00 bits per heavy atom. The lowest BCUT2D eigenvalue weighted by atomic mass is 9.86. The number of amides is 1. The molecule has 1 N–H and O–H groups in total. The molecule has 1 unspecified atom stereocenters. The first-order valence-electron chi connectivity index (χ1n) is 7.04. The highest BCUT2D eigenvalue weighted by molar-refractivity contribution is 5.82. The number of carboxylic acid groups (broad SMARTS) is 1. The van der Waals surface area contributed by atoms with E-state index in [-0.39, 0.29) is 6.54 Å². The van der Waals surface area contributed by atoms with Crippen molar-refractivity contribution in [3.63, 3.8) is 0 Å². The third-order valence-electron chi connectivity index (χ3n) is 3.98. The van der Waals surface area contributed by atoms with Gasteiger partial charge >= 0.3 is 12.1 Å². The number of nitrogens with zero attached hydrogens (tertiary/aromatic N) is 1. The summed E-state index contributed by atoms with van der Waals surface area (Å²) in [5.41, 5.74) is -2.92. The first-order valence-corrected chi connectivity index (χ1v) is 7.04. The number of carbonyl (C=O) groups is 2. The Labute approximate surface area is 135 Å². The van der Waals surface area contributed by atoms with Crippen LogP contribution in [0.4, 0.5) is 13.2 Å². The van der Waals surface area contributed by atoms with Gasteiger partial charge in [-0.25, -0.2) is 0 Å². The van der Waals surface area contributed by atoms with E-state index >= 15 is 0 Å². The van der Waals surface area contributed by atoms with Gasteiger partial charge in [0.05, 0.1) is 7.11 Å². The molecule has 24 heavy (non-hydrogen) atoms. The van der Waals surface area contributed by atoms with Crippen LogP contribution in [0.2, 0.25) is 0 Å². The molecular formula is C15H16F3NO5. The van der Waals surface area contributed by atoms with Gasteiger partial charge in [0, 0.05) is 19.2 Å². The molecule has 0 aliphatic carbocycles. The highest BCUT2D eigenvalue weighted by Gasteiger charge is 2.64. The predicted octanol–water partition coefficient (Wildman–Crippen LogP) is 1.94. The number of halogens is 3. The van der Waals surface area contributed by atoms with Crippen molar-refractivity contribution in [3.05, 3.63) is 24.3 Å². The number of ether oxygens (including phenoxy) is 2. The van der Waals surface area contributed by atoms with Crippen molar-refractivity contribution in [1.29, 1.82) is 0 Å². The van der Waals surface area contributed by atoms with Gasteiger partial charge in [0.2, 0.25) is 0 Å². The van der Waals surface area contributed by atoms with Crippen LogP contribution in [0, 0.1) is 5.41 Å². The Morgan fingerprint density at radius 1 is 1.33 bits per heavy atom. The molecule has 1 heterocycles. The van der Waals surface area contributed by atoms with Crippen LogP contribution < -0.4 is 9.47 Å². The SMILES string of the molecule is COc1cccc(OCC(=O)N2CCC(C(=O)O)(C(F)(F)F)C2)c1. The van der Waals surface area contributed by atoms with Crippen LogP contribution in [0.15, 0.2) is 24.3 Å². The maximum absolute atomic E-state index is 13.1. The topological polar surface area (TPSA) is 76.1 Å². The second-order valence-electron chi connectivity index (χ2n) is 5.42. The van der Waals surface area contributed by atoms with Crippen LogP contribution in [-0.4, -0.2) is 54.9 Å². The van der Waals surface area contributed by atoms with Gasteiger partial charge in [-0.2, -0.15) is 13.2 Å². The molecule has 6 nitrogen and oxygen atoms in total. The van der Waals surface area contributed by atoms with Crippen LogP contribution in [0.5, 0.6) is 11.5 Å². The fourth-order valence-electron chi connectivity index (χ4n) is 2.48. The van der Waals surface area contributed by atoms with Crippen molar-refractivity contribution in [3.8, 4) is 11.5 Å². The van der Waals surface area contributed by atoms with Gasteiger partial charge < -0.3 is 19.5 Å². The summed E-state index contributed by atoms with van der Waals surface area (Å²) in [6, 6.07) is 6.39. The summed E-state index contributed by atoms with van der Waals surface area (Å²) < 4.78 is 49.4. The van der Waals surface area contributed by atoms with Gasteiger partial charge in [0.1, 0.15) is 11.5 Å². The lowest BCUT2D eigenvalue weighted by Gasteiger charge is -2.27. The molecule has 1 aliphatic heterocycles. The molecule has 1 saturated heterocycles. The average molecular weight is 347 g/mol. The Bertz CT molecular complexity index is 634. The second-order valence-corrected chi connectivity index (χ2v) is 5.42. The van der Waals surface area contributed by atoms with Crippen molar-refractivity contribution in [2.45, 2.75) is 12.6 Å². The van der Waals surface area contributed by atoms with E-state index in [4.69, 9.17) is 14.6 Å². The third kappa shape index (κ3) is 3.39. The van der Waals surface area contributed by atoms with Gasteiger partial charge in [-0.05, 0) is 18.6 Å².